The van der Waals surface area contributed by atoms with Gasteiger partial charge in [0, 0.05) is 12.1 Å². The van der Waals surface area contributed by atoms with Gasteiger partial charge >= 0.3 is 5.97 Å². The number of carboxylic acid groups (broad SMARTS) is 1. The van der Waals surface area contributed by atoms with Gasteiger partial charge in [-0.05, 0) is 45.1 Å². The lowest BCUT2D eigenvalue weighted by Crippen LogP contribution is -2.46. The summed E-state index contributed by atoms with van der Waals surface area (Å²) in [5, 5.41) is 9.29. The minimum atomic E-state index is -0.591. The molecule has 0 saturated heterocycles. The number of nitrogens with zero attached hydrogens (tertiary/aromatic N) is 1. The Morgan fingerprint density at radius 1 is 1.31 bits per heavy atom. The molecule has 2 aliphatic rings. The highest BCUT2D eigenvalue weighted by Crippen LogP contribution is 2.38. The van der Waals surface area contributed by atoms with E-state index in [9.17, 15) is 9.90 Å². The van der Waals surface area contributed by atoms with Gasteiger partial charge in [-0.15, -0.1) is 0 Å². The number of aliphatic carboxylic acids is 1. The molecule has 3 atom stereocenters. The number of hydrogen-bond donors (Lipinski definition) is 1. The molecule has 92 valence electrons. The molecule has 0 bridgehead atoms. The van der Waals surface area contributed by atoms with Crippen LogP contribution in [0.5, 0.6) is 0 Å². The fourth-order valence-electron chi connectivity index (χ4n) is 3.09. The predicted octanol–water partition coefficient (Wildman–Crippen LogP) is 2.36. The van der Waals surface area contributed by atoms with E-state index >= 15 is 0 Å². The molecule has 0 aromatic heterocycles. The van der Waals surface area contributed by atoms with Crippen LogP contribution < -0.4 is 0 Å². The molecule has 0 radical (unpaired) electrons. The average molecular weight is 225 g/mol. The van der Waals surface area contributed by atoms with E-state index in [-0.39, 0.29) is 12.0 Å². The van der Waals surface area contributed by atoms with E-state index in [0.717, 1.165) is 25.2 Å². The van der Waals surface area contributed by atoms with Gasteiger partial charge in [-0.3, -0.25) is 9.69 Å². The zero-order chi connectivity index (χ0) is 11.7. The van der Waals surface area contributed by atoms with Crippen LogP contribution in [0.1, 0.15) is 45.4 Å². The van der Waals surface area contributed by atoms with E-state index in [0.29, 0.717) is 6.04 Å². The smallest absolute Gasteiger partial charge is 0.308 e. The van der Waals surface area contributed by atoms with Crippen molar-refractivity contribution in [2.75, 3.05) is 7.05 Å². The molecule has 0 aliphatic heterocycles. The van der Waals surface area contributed by atoms with Crippen LogP contribution >= 0.6 is 0 Å². The Balaban J connectivity index is 2.04. The SMILES string of the molecule is CCC1CCC(C(=O)O)C(N(C)C2CC2)C1. The van der Waals surface area contributed by atoms with Crippen molar-refractivity contribution < 1.29 is 9.90 Å². The molecule has 2 aliphatic carbocycles. The van der Waals surface area contributed by atoms with Crippen LogP contribution in [0.25, 0.3) is 0 Å². The molecular formula is C13H23NO2. The van der Waals surface area contributed by atoms with Crippen molar-refractivity contribution in [1.29, 1.82) is 0 Å². The first-order valence-electron chi connectivity index (χ1n) is 6.58. The Hall–Kier alpha value is -0.570. The molecule has 3 nitrogen and oxygen atoms in total. The third-order valence-corrected chi connectivity index (χ3v) is 4.47. The lowest BCUT2D eigenvalue weighted by Gasteiger charge is -2.39. The molecular weight excluding hydrogens is 202 g/mol. The number of carboxylic acids is 1. The maximum atomic E-state index is 11.3. The summed E-state index contributed by atoms with van der Waals surface area (Å²) in [5.41, 5.74) is 0. The van der Waals surface area contributed by atoms with Crippen molar-refractivity contribution in [3.63, 3.8) is 0 Å². The van der Waals surface area contributed by atoms with E-state index in [2.05, 4.69) is 18.9 Å². The van der Waals surface area contributed by atoms with Crippen LogP contribution in [0.3, 0.4) is 0 Å². The fraction of sp³-hybridized carbons (Fsp3) is 0.923. The second-order valence-electron chi connectivity index (χ2n) is 5.50. The first kappa shape index (κ1) is 11.9. The molecule has 0 amide bonds. The molecule has 2 rings (SSSR count). The van der Waals surface area contributed by atoms with Crippen LogP contribution in [0, 0.1) is 11.8 Å². The topological polar surface area (TPSA) is 40.5 Å². The van der Waals surface area contributed by atoms with E-state index in [1.54, 1.807) is 0 Å². The van der Waals surface area contributed by atoms with Gasteiger partial charge in [-0.1, -0.05) is 13.3 Å². The number of hydrogen-bond acceptors (Lipinski definition) is 2. The summed E-state index contributed by atoms with van der Waals surface area (Å²) in [7, 11) is 2.12. The summed E-state index contributed by atoms with van der Waals surface area (Å²) < 4.78 is 0. The predicted molar refractivity (Wildman–Crippen MR) is 63.3 cm³/mol. The van der Waals surface area contributed by atoms with E-state index in [1.807, 2.05) is 0 Å². The fourth-order valence-corrected chi connectivity index (χ4v) is 3.09. The molecule has 3 heteroatoms. The molecule has 0 heterocycles. The van der Waals surface area contributed by atoms with Gasteiger partial charge in [0.15, 0.2) is 0 Å². The Kier molecular flexibility index (Phi) is 3.53. The second-order valence-corrected chi connectivity index (χ2v) is 5.50. The van der Waals surface area contributed by atoms with Gasteiger partial charge in [0.1, 0.15) is 0 Å². The first-order chi connectivity index (χ1) is 7.63. The monoisotopic (exact) mass is 225 g/mol. The molecule has 3 unspecified atom stereocenters. The lowest BCUT2D eigenvalue weighted by molar-refractivity contribution is -0.146. The molecule has 0 spiro atoms. The number of carbonyl (C=O) groups is 1. The summed E-state index contributed by atoms with van der Waals surface area (Å²) in [4.78, 5) is 13.6. The Bertz CT molecular complexity index is 263. The summed E-state index contributed by atoms with van der Waals surface area (Å²) in [6.07, 6.45) is 6.77. The lowest BCUT2D eigenvalue weighted by atomic mass is 9.76. The van der Waals surface area contributed by atoms with Gasteiger partial charge < -0.3 is 5.11 Å². The summed E-state index contributed by atoms with van der Waals surface area (Å²) in [6.45, 7) is 2.22. The van der Waals surface area contributed by atoms with E-state index in [1.165, 1.54) is 19.3 Å². The largest absolute Gasteiger partial charge is 0.481 e. The van der Waals surface area contributed by atoms with Crippen molar-refractivity contribution in [3.05, 3.63) is 0 Å². The number of rotatable bonds is 4. The van der Waals surface area contributed by atoms with Crippen molar-refractivity contribution in [3.8, 4) is 0 Å². The molecule has 2 fully saturated rings. The van der Waals surface area contributed by atoms with Gasteiger partial charge in [0.2, 0.25) is 0 Å². The molecule has 0 aromatic carbocycles. The van der Waals surface area contributed by atoms with Crippen LogP contribution in [0.15, 0.2) is 0 Å². The molecule has 1 N–H and O–H groups in total. The third-order valence-electron chi connectivity index (χ3n) is 4.47. The zero-order valence-corrected chi connectivity index (χ0v) is 10.4. The zero-order valence-electron chi connectivity index (χ0n) is 10.4. The molecule has 2 saturated carbocycles. The van der Waals surface area contributed by atoms with Crippen molar-refractivity contribution in [2.45, 2.75) is 57.5 Å². The van der Waals surface area contributed by atoms with E-state index < -0.39 is 5.97 Å². The summed E-state index contributed by atoms with van der Waals surface area (Å²) in [6, 6.07) is 0.950. The normalized spacial score (nSPS) is 35.3. The Labute approximate surface area is 97.8 Å². The minimum Gasteiger partial charge on any atom is -0.481 e. The van der Waals surface area contributed by atoms with Crippen LogP contribution in [-0.2, 0) is 4.79 Å². The second kappa shape index (κ2) is 4.74. The third kappa shape index (κ3) is 2.40. The highest BCUT2D eigenvalue weighted by molar-refractivity contribution is 5.71. The van der Waals surface area contributed by atoms with Gasteiger partial charge in [0.25, 0.3) is 0 Å². The van der Waals surface area contributed by atoms with Crippen molar-refractivity contribution in [1.82, 2.24) is 4.90 Å². The van der Waals surface area contributed by atoms with Crippen LogP contribution in [0.4, 0.5) is 0 Å². The quantitative estimate of drug-likeness (QED) is 0.798. The van der Waals surface area contributed by atoms with E-state index in [4.69, 9.17) is 0 Å². The van der Waals surface area contributed by atoms with Crippen molar-refractivity contribution in [2.24, 2.45) is 11.8 Å². The molecule has 0 aromatic rings. The Morgan fingerprint density at radius 2 is 2.00 bits per heavy atom. The van der Waals surface area contributed by atoms with Crippen LogP contribution in [0.2, 0.25) is 0 Å². The first-order valence-corrected chi connectivity index (χ1v) is 6.58. The minimum absolute atomic E-state index is 0.131. The van der Waals surface area contributed by atoms with Crippen molar-refractivity contribution >= 4 is 5.97 Å². The van der Waals surface area contributed by atoms with Crippen LogP contribution in [-0.4, -0.2) is 35.1 Å². The van der Waals surface area contributed by atoms with Gasteiger partial charge in [-0.25, -0.2) is 0 Å². The highest BCUT2D eigenvalue weighted by Gasteiger charge is 2.41. The van der Waals surface area contributed by atoms with Gasteiger partial charge in [-0.2, -0.15) is 0 Å². The Morgan fingerprint density at radius 3 is 2.50 bits per heavy atom. The highest BCUT2D eigenvalue weighted by atomic mass is 16.4. The average Bonchev–Trinajstić information content (AvgIpc) is 3.11. The standard InChI is InChI=1S/C13H23NO2/c1-3-9-4-7-11(13(15)16)12(8-9)14(2)10-5-6-10/h9-12H,3-8H2,1-2H3,(H,15,16). The molecule has 16 heavy (non-hydrogen) atoms. The maximum absolute atomic E-state index is 11.3. The summed E-state index contributed by atoms with van der Waals surface area (Å²) in [5.74, 6) is 0.0160. The van der Waals surface area contributed by atoms with Gasteiger partial charge in [0.05, 0.1) is 5.92 Å². The maximum Gasteiger partial charge on any atom is 0.308 e. The summed E-state index contributed by atoms with van der Waals surface area (Å²) >= 11 is 0.